The SMILES string of the molecule is CC(=O)c1ccc2c(c1)S(=O)CC(=O)N2CCN(C)C. The average molecular weight is 294 g/mol. The van der Waals surface area contributed by atoms with Crippen LogP contribution in [0.25, 0.3) is 0 Å². The molecule has 5 nitrogen and oxygen atoms in total. The van der Waals surface area contributed by atoms with Crippen molar-refractivity contribution in [1.29, 1.82) is 0 Å². The second kappa shape index (κ2) is 5.85. The first-order valence-corrected chi connectivity index (χ1v) is 7.70. The summed E-state index contributed by atoms with van der Waals surface area (Å²) >= 11 is 0. The second-order valence-corrected chi connectivity index (χ2v) is 6.50. The minimum Gasteiger partial charge on any atom is -0.309 e. The van der Waals surface area contributed by atoms with Crippen LogP contribution in [0.5, 0.6) is 0 Å². The van der Waals surface area contributed by atoms with Gasteiger partial charge in [-0.3, -0.25) is 13.8 Å². The first kappa shape index (κ1) is 14.9. The number of hydrogen-bond acceptors (Lipinski definition) is 4. The summed E-state index contributed by atoms with van der Waals surface area (Å²) in [6.45, 7) is 2.75. The van der Waals surface area contributed by atoms with Crippen LogP contribution >= 0.6 is 0 Å². The number of anilines is 1. The Hall–Kier alpha value is -1.53. The van der Waals surface area contributed by atoms with Gasteiger partial charge in [-0.2, -0.15) is 0 Å². The lowest BCUT2D eigenvalue weighted by atomic mass is 10.1. The number of carbonyl (C=O) groups is 2. The molecule has 1 atom stereocenters. The zero-order valence-electron chi connectivity index (χ0n) is 11.9. The molecule has 0 aliphatic carbocycles. The summed E-state index contributed by atoms with van der Waals surface area (Å²) < 4.78 is 12.1. The van der Waals surface area contributed by atoms with Gasteiger partial charge in [0.05, 0.1) is 21.4 Å². The highest BCUT2D eigenvalue weighted by Crippen LogP contribution is 2.30. The standard InChI is InChI=1S/C14H18N2O3S/c1-10(17)11-4-5-12-13(8-11)20(19)9-14(18)16(12)7-6-15(2)3/h4-5,8H,6-7,9H2,1-3H3. The van der Waals surface area contributed by atoms with E-state index >= 15 is 0 Å². The maximum absolute atomic E-state index is 12.1. The smallest absolute Gasteiger partial charge is 0.240 e. The Labute approximate surface area is 121 Å². The molecule has 20 heavy (non-hydrogen) atoms. The predicted molar refractivity (Wildman–Crippen MR) is 78.6 cm³/mol. The van der Waals surface area contributed by atoms with E-state index in [1.165, 1.54) is 6.92 Å². The highest BCUT2D eigenvalue weighted by molar-refractivity contribution is 7.86. The Morgan fingerprint density at radius 3 is 2.70 bits per heavy atom. The van der Waals surface area contributed by atoms with Crippen molar-refractivity contribution in [2.45, 2.75) is 11.8 Å². The maximum Gasteiger partial charge on any atom is 0.240 e. The van der Waals surface area contributed by atoms with Crippen LogP contribution < -0.4 is 4.90 Å². The normalized spacial score (nSPS) is 18.3. The predicted octanol–water partition coefficient (Wildman–Crippen LogP) is 0.905. The van der Waals surface area contributed by atoms with E-state index in [1.807, 2.05) is 19.0 Å². The summed E-state index contributed by atoms with van der Waals surface area (Å²) in [5.41, 5.74) is 1.19. The quantitative estimate of drug-likeness (QED) is 0.774. The molecular weight excluding hydrogens is 276 g/mol. The molecule has 1 aliphatic rings. The molecule has 0 fully saturated rings. The van der Waals surface area contributed by atoms with Gasteiger partial charge in [0.25, 0.3) is 0 Å². The third-order valence-corrected chi connectivity index (χ3v) is 4.56. The summed E-state index contributed by atoms with van der Waals surface area (Å²) in [5, 5.41) is 0. The van der Waals surface area contributed by atoms with Crippen molar-refractivity contribution in [2.75, 3.05) is 37.8 Å². The van der Waals surface area contributed by atoms with Gasteiger partial charge in [0, 0.05) is 18.7 Å². The molecule has 108 valence electrons. The average Bonchev–Trinajstić information content (AvgIpc) is 2.37. The molecule has 0 N–H and O–H groups in total. The molecule has 0 radical (unpaired) electrons. The number of fused-ring (bicyclic) bond motifs is 1. The fraction of sp³-hybridized carbons (Fsp3) is 0.429. The molecule has 0 saturated carbocycles. The van der Waals surface area contributed by atoms with Crippen LogP contribution in [0.2, 0.25) is 0 Å². The number of ketones is 1. The topological polar surface area (TPSA) is 57.7 Å². The molecule has 0 bridgehead atoms. The van der Waals surface area contributed by atoms with E-state index in [9.17, 15) is 13.8 Å². The lowest BCUT2D eigenvalue weighted by molar-refractivity contribution is -0.116. The van der Waals surface area contributed by atoms with Crippen LogP contribution in [-0.4, -0.2) is 53.7 Å². The number of rotatable bonds is 4. The summed E-state index contributed by atoms with van der Waals surface area (Å²) in [5.74, 6) is -0.211. The Morgan fingerprint density at radius 2 is 2.10 bits per heavy atom. The molecule has 0 spiro atoms. The highest BCUT2D eigenvalue weighted by Gasteiger charge is 2.29. The molecule has 6 heteroatoms. The van der Waals surface area contributed by atoms with E-state index in [0.717, 1.165) is 6.54 Å². The first-order valence-electron chi connectivity index (χ1n) is 6.38. The molecule has 1 amide bonds. The number of benzene rings is 1. The van der Waals surface area contributed by atoms with Crippen LogP contribution in [0.3, 0.4) is 0 Å². The van der Waals surface area contributed by atoms with Gasteiger partial charge >= 0.3 is 0 Å². The minimum atomic E-state index is -1.36. The minimum absolute atomic E-state index is 0.0121. The number of likely N-dealkylation sites (N-methyl/N-ethyl adjacent to an activating group) is 1. The molecule has 1 aromatic rings. The van der Waals surface area contributed by atoms with E-state index in [1.54, 1.807) is 23.1 Å². The fourth-order valence-corrected chi connectivity index (χ4v) is 3.29. The van der Waals surface area contributed by atoms with Crippen molar-refractivity contribution >= 4 is 28.2 Å². The summed E-state index contributed by atoms with van der Waals surface area (Å²) in [6, 6.07) is 5.04. The summed E-state index contributed by atoms with van der Waals surface area (Å²) in [7, 11) is 2.51. The van der Waals surface area contributed by atoms with Crippen molar-refractivity contribution in [3.63, 3.8) is 0 Å². The van der Waals surface area contributed by atoms with Crippen LogP contribution in [-0.2, 0) is 15.6 Å². The zero-order valence-corrected chi connectivity index (χ0v) is 12.7. The van der Waals surface area contributed by atoms with Gasteiger partial charge in [-0.25, -0.2) is 0 Å². The monoisotopic (exact) mass is 294 g/mol. The third-order valence-electron chi connectivity index (χ3n) is 3.23. The number of hydrogen-bond donors (Lipinski definition) is 0. The highest BCUT2D eigenvalue weighted by atomic mass is 32.2. The Morgan fingerprint density at radius 1 is 1.40 bits per heavy atom. The lowest BCUT2D eigenvalue weighted by Gasteiger charge is -2.30. The third kappa shape index (κ3) is 2.96. The van der Waals surface area contributed by atoms with Crippen LogP contribution in [0.15, 0.2) is 23.1 Å². The van der Waals surface area contributed by atoms with E-state index in [0.29, 0.717) is 22.7 Å². The molecule has 1 unspecified atom stereocenters. The molecule has 0 aromatic heterocycles. The molecule has 0 saturated heterocycles. The van der Waals surface area contributed by atoms with Gasteiger partial charge in [-0.15, -0.1) is 0 Å². The Kier molecular flexibility index (Phi) is 4.35. The van der Waals surface area contributed by atoms with Gasteiger partial charge in [-0.05, 0) is 39.2 Å². The molecule has 2 rings (SSSR count). The Balaban J connectivity index is 2.39. The second-order valence-electron chi connectivity index (χ2n) is 5.08. The zero-order chi connectivity index (χ0) is 14.9. The van der Waals surface area contributed by atoms with Gasteiger partial charge < -0.3 is 9.80 Å². The van der Waals surface area contributed by atoms with Crippen LogP contribution in [0.4, 0.5) is 5.69 Å². The van der Waals surface area contributed by atoms with Crippen molar-refractivity contribution in [1.82, 2.24) is 4.90 Å². The molecule has 1 heterocycles. The number of nitrogens with zero attached hydrogens (tertiary/aromatic N) is 2. The van der Waals surface area contributed by atoms with E-state index < -0.39 is 10.8 Å². The molecule has 1 aromatic carbocycles. The Bertz CT molecular complexity index is 584. The van der Waals surface area contributed by atoms with Gasteiger partial charge in [0.2, 0.25) is 5.91 Å². The summed E-state index contributed by atoms with van der Waals surface area (Å²) in [6.07, 6.45) is 0. The van der Waals surface area contributed by atoms with Crippen LogP contribution in [0.1, 0.15) is 17.3 Å². The van der Waals surface area contributed by atoms with Crippen molar-refractivity contribution < 1.29 is 13.8 Å². The van der Waals surface area contributed by atoms with E-state index in [2.05, 4.69) is 0 Å². The number of Topliss-reactive ketones (excluding diaryl/α,β-unsaturated/α-hetero) is 1. The van der Waals surface area contributed by atoms with Crippen molar-refractivity contribution in [3.8, 4) is 0 Å². The lowest BCUT2D eigenvalue weighted by Crippen LogP contribution is -2.42. The van der Waals surface area contributed by atoms with Gasteiger partial charge in [0.1, 0.15) is 5.75 Å². The fourth-order valence-electron chi connectivity index (χ4n) is 2.09. The number of amides is 1. The summed E-state index contributed by atoms with van der Waals surface area (Å²) in [4.78, 5) is 27.7. The largest absolute Gasteiger partial charge is 0.309 e. The van der Waals surface area contributed by atoms with Crippen molar-refractivity contribution in [3.05, 3.63) is 23.8 Å². The van der Waals surface area contributed by atoms with E-state index in [4.69, 9.17) is 0 Å². The van der Waals surface area contributed by atoms with Crippen LogP contribution in [0, 0.1) is 0 Å². The van der Waals surface area contributed by atoms with Gasteiger partial charge in [-0.1, -0.05) is 0 Å². The van der Waals surface area contributed by atoms with E-state index in [-0.39, 0.29) is 17.4 Å². The number of carbonyl (C=O) groups excluding carboxylic acids is 2. The van der Waals surface area contributed by atoms with Crippen molar-refractivity contribution in [2.24, 2.45) is 0 Å². The maximum atomic E-state index is 12.1. The first-order chi connectivity index (χ1) is 9.40. The molecule has 1 aliphatic heterocycles. The molecular formula is C14H18N2O3S. The van der Waals surface area contributed by atoms with Gasteiger partial charge in [0.15, 0.2) is 5.78 Å².